The molecule has 2 amide bonds. The molecule has 1 aromatic rings. The number of primary amides is 1. The van der Waals surface area contributed by atoms with Crippen molar-refractivity contribution in [3.8, 4) is 0 Å². The van der Waals surface area contributed by atoms with Crippen molar-refractivity contribution in [2.24, 2.45) is 11.7 Å². The lowest BCUT2D eigenvalue weighted by molar-refractivity contribution is -0.144. The summed E-state index contributed by atoms with van der Waals surface area (Å²) in [5.74, 6) is -0.395. The van der Waals surface area contributed by atoms with Gasteiger partial charge in [0.2, 0.25) is 11.8 Å². The molecule has 0 radical (unpaired) electrons. The SMILES string of the molecule is NC(=O)[C@H]1Cc2ccccc2CN1C(=O)[C@@H]1CCCNC1. The number of nitrogens with zero attached hydrogens (tertiary/aromatic N) is 1. The average Bonchev–Trinajstić information content (AvgIpc) is 2.53. The van der Waals surface area contributed by atoms with Crippen molar-refractivity contribution in [1.82, 2.24) is 10.2 Å². The standard InChI is InChI=1S/C16H21N3O2/c17-15(20)14-8-11-4-1-2-5-13(11)10-19(14)16(21)12-6-3-7-18-9-12/h1-2,4-5,12,14,18H,3,6-10H2,(H2,17,20)/t12-,14-/m1/s1. The Morgan fingerprint density at radius 3 is 2.67 bits per heavy atom. The number of piperidine rings is 1. The van der Waals surface area contributed by atoms with Gasteiger partial charge in [0.25, 0.3) is 0 Å². The van der Waals surface area contributed by atoms with E-state index >= 15 is 0 Å². The lowest BCUT2D eigenvalue weighted by Crippen LogP contribution is -2.54. The zero-order chi connectivity index (χ0) is 14.8. The van der Waals surface area contributed by atoms with E-state index in [0.717, 1.165) is 30.5 Å². The van der Waals surface area contributed by atoms with E-state index in [4.69, 9.17) is 5.73 Å². The summed E-state index contributed by atoms with van der Waals surface area (Å²) < 4.78 is 0. The second-order valence-electron chi connectivity index (χ2n) is 5.90. The lowest BCUT2D eigenvalue weighted by atomic mass is 9.90. The molecule has 0 bridgehead atoms. The highest BCUT2D eigenvalue weighted by atomic mass is 16.2. The van der Waals surface area contributed by atoms with Crippen LogP contribution < -0.4 is 11.1 Å². The number of nitrogens with two attached hydrogens (primary N) is 1. The Morgan fingerprint density at radius 2 is 2.00 bits per heavy atom. The van der Waals surface area contributed by atoms with E-state index < -0.39 is 11.9 Å². The molecule has 0 saturated carbocycles. The molecule has 2 aliphatic rings. The molecular formula is C16H21N3O2. The van der Waals surface area contributed by atoms with Crippen molar-refractivity contribution in [1.29, 1.82) is 0 Å². The maximum absolute atomic E-state index is 12.8. The monoisotopic (exact) mass is 287 g/mol. The Morgan fingerprint density at radius 1 is 1.24 bits per heavy atom. The van der Waals surface area contributed by atoms with E-state index in [9.17, 15) is 9.59 Å². The third kappa shape index (κ3) is 2.78. The van der Waals surface area contributed by atoms with E-state index in [1.807, 2.05) is 24.3 Å². The third-order valence-electron chi connectivity index (χ3n) is 4.51. The van der Waals surface area contributed by atoms with Crippen LogP contribution in [-0.4, -0.2) is 35.8 Å². The van der Waals surface area contributed by atoms with E-state index in [1.54, 1.807) is 4.90 Å². The second-order valence-corrected chi connectivity index (χ2v) is 5.90. The summed E-state index contributed by atoms with van der Waals surface area (Å²) in [6, 6.07) is 7.43. The summed E-state index contributed by atoms with van der Waals surface area (Å²) in [5, 5.41) is 3.25. The molecule has 3 rings (SSSR count). The highest BCUT2D eigenvalue weighted by Gasteiger charge is 2.36. The van der Waals surface area contributed by atoms with Crippen molar-refractivity contribution in [3.63, 3.8) is 0 Å². The number of rotatable bonds is 2. The molecule has 5 heteroatoms. The molecule has 0 unspecified atom stereocenters. The van der Waals surface area contributed by atoms with E-state index in [0.29, 0.717) is 19.5 Å². The predicted molar refractivity (Wildman–Crippen MR) is 79.3 cm³/mol. The zero-order valence-corrected chi connectivity index (χ0v) is 12.0. The van der Waals surface area contributed by atoms with Gasteiger partial charge in [0.15, 0.2) is 0 Å². The minimum absolute atomic E-state index is 0.0362. The summed E-state index contributed by atoms with van der Waals surface area (Å²) in [6.45, 7) is 2.15. The van der Waals surface area contributed by atoms with Gasteiger partial charge in [-0.05, 0) is 30.5 Å². The molecule has 0 spiro atoms. The molecule has 2 heterocycles. The lowest BCUT2D eigenvalue weighted by Gasteiger charge is -2.38. The van der Waals surface area contributed by atoms with Crippen LogP contribution in [0.5, 0.6) is 0 Å². The zero-order valence-electron chi connectivity index (χ0n) is 12.0. The topological polar surface area (TPSA) is 75.4 Å². The molecule has 2 atom stereocenters. The molecule has 5 nitrogen and oxygen atoms in total. The molecule has 21 heavy (non-hydrogen) atoms. The first-order valence-electron chi connectivity index (χ1n) is 7.54. The Bertz CT molecular complexity index is 552. The van der Waals surface area contributed by atoms with Crippen molar-refractivity contribution < 1.29 is 9.59 Å². The first-order valence-corrected chi connectivity index (χ1v) is 7.54. The number of hydrogen-bond acceptors (Lipinski definition) is 3. The van der Waals surface area contributed by atoms with Crippen LogP contribution in [0.4, 0.5) is 0 Å². The molecule has 2 aliphatic heterocycles. The summed E-state index contributed by atoms with van der Waals surface area (Å²) in [4.78, 5) is 26.2. The fourth-order valence-electron chi connectivity index (χ4n) is 3.31. The van der Waals surface area contributed by atoms with Crippen LogP contribution in [0.1, 0.15) is 24.0 Å². The third-order valence-corrected chi connectivity index (χ3v) is 4.51. The fraction of sp³-hybridized carbons (Fsp3) is 0.500. The molecule has 1 fully saturated rings. The van der Waals surface area contributed by atoms with Gasteiger partial charge in [0, 0.05) is 19.5 Å². The van der Waals surface area contributed by atoms with Crippen LogP contribution >= 0.6 is 0 Å². The molecule has 0 aromatic heterocycles. The van der Waals surface area contributed by atoms with Gasteiger partial charge in [-0.3, -0.25) is 9.59 Å². The van der Waals surface area contributed by atoms with Crippen molar-refractivity contribution >= 4 is 11.8 Å². The molecular weight excluding hydrogens is 266 g/mol. The fourth-order valence-corrected chi connectivity index (χ4v) is 3.31. The summed E-state index contributed by atoms with van der Waals surface area (Å²) >= 11 is 0. The molecule has 3 N–H and O–H groups in total. The number of carbonyl (C=O) groups excluding carboxylic acids is 2. The molecule has 0 aliphatic carbocycles. The first kappa shape index (κ1) is 14.1. The molecule has 112 valence electrons. The van der Waals surface area contributed by atoms with Gasteiger partial charge in [-0.2, -0.15) is 0 Å². The van der Waals surface area contributed by atoms with Gasteiger partial charge in [-0.1, -0.05) is 24.3 Å². The van der Waals surface area contributed by atoms with Gasteiger partial charge < -0.3 is 16.0 Å². The summed E-state index contributed by atoms with van der Waals surface area (Å²) in [5.41, 5.74) is 7.77. The van der Waals surface area contributed by atoms with Crippen molar-refractivity contribution in [3.05, 3.63) is 35.4 Å². The van der Waals surface area contributed by atoms with Gasteiger partial charge in [0.05, 0.1) is 5.92 Å². The molecule has 1 saturated heterocycles. The highest BCUT2D eigenvalue weighted by Crippen LogP contribution is 2.26. The van der Waals surface area contributed by atoms with Crippen LogP contribution in [0.15, 0.2) is 24.3 Å². The van der Waals surface area contributed by atoms with Crippen LogP contribution in [0.3, 0.4) is 0 Å². The average molecular weight is 287 g/mol. The maximum atomic E-state index is 12.8. The number of nitrogens with one attached hydrogen (secondary N) is 1. The Hall–Kier alpha value is -1.88. The number of hydrogen-bond donors (Lipinski definition) is 2. The summed E-state index contributed by atoms with van der Waals surface area (Å²) in [7, 11) is 0. The quantitative estimate of drug-likeness (QED) is 0.828. The van der Waals surface area contributed by atoms with Crippen molar-refractivity contribution in [2.75, 3.05) is 13.1 Å². The number of fused-ring (bicyclic) bond motifs is 1. The predicted octanol–water partition coefficient (Wildman–Crippen LogP) is 0.425. The van der Waals surface area contributed by atoms with Gasteiger partial charge in [0.1, 0.15) is 6.04 Å². The van der Waals surface area contributed by atoms with Gasteiger partial charge >= 0.3 is 0 Å². The second kappa shape index (κ2) is 5.85. The van der Waals surface area contributed by atoms with E-state index in [2.05, 4.69) is 5.32 Å². The minimum atomic E-state index is -0.519. The Balaban J connectivity index is 1.85. The van der Waals surface area contributed by atoms with E-state index in [1.165, 1.54) is 0 Å². The van der Waals surface area contributed by atoms with Crippen LogP contribution in [0.25, 0.3) is 0 Å². The maximum Gasteiger partial charge on any atom is 0.240 e. The van der Waals surface area contributed by atoms with Crippen LogP contribution in [0, 0.1) is 5.92 Å². The number of amides is 2. The minimum Gasteiger partial charge on any atom is -0.368 e. The normalized spacial score (nSPS) is 25.2. The number of benzene rings is 1. The largest absolute Gasteiger partial charge is 0.368 e. The van der Waals surface area contributed by atoms with Crippen LogP contribution in [0.2, 0.25) is 0 Å². The van der Waals surface area contributed by atoms with Gasteiger partial charge in [-0.15, -0.1) is 0 Å². The molecule has 1 aromatic carbocycles. The van der Waals surface area contributed by atoms with Crippen molar-refractivity contribution in [2.45, 2.75) is 31.8 Å². The van der Waals surface area contributed by atoms with E-state index in [-0.39, 0.29) is 11.8 Å². The summed E-state index contributed by atoms with van der Waals surface area (Å²) in [6.07, 6.45) is 2.41. The number of carbonyl (C=O) groups is 2. The van der Waals surface area contributed by atoms with Gasteiger partial charge in [-0.25, -0.2) is 0 Å². The highest BCUT2D eigenvalue weighted by molar-refractivity contribution is 5.88. The first-order chi connectivity index (χ1) is 10.2. The van der Waals surface area contributed by atoms with Crippen LogP contribution in [-0.2, 0) is 22.6 Å². The Kier molecular flexibility index (Phi) is 3.92. The smallest absolute Gasteiger partial charge is 0.240 e. The Labute approximate surface area is 124 Å².